The molecular formula is C16H14F2O. The number of rotatable bonds is 1. The molecular weight excluding hydrogens is 246 g/mol. The molecule has 0 spiro atoms. The van der Waals surface area contributed by atoms with Crippen molar-refractivity contribution in [3.63, 3.8) is 0 Å². The molecule has 0 radical (unpaired) electrons. The Morgan fingerprint density at radius 2 is 1.84 bits per heavy atom. The van der Waals surface area contributed by atoms with Crippen LogP contribution < -0.4 is 0 Å². The molecule has 3 heteroatoms. The molecule has 0 amide bonds. The summed E-state index contributed by atoms with van der Waals surface area (Å²) < 4.78 is 27.2. The fourth-order valence-electron chi connectivity index (χ4n) is 2.86. The third kappa shape index (κ3) is 1.85. The maximum Gasteiger partial charge on any atom is 0.129 e. The van der Waals surface area contributed by atoms with Crippen molar-refractivity contribution < 1.29 is 13.9 Å². The maximum absolute atomic E-state index is 14.0. The summed E-state index contributed by atoms with van der Waals surface area (Å²) >= 11 is 0. The van der Waals surface area contributed by atoms with Crippen LogP contribution >= 0.6 is 0 Å². The highest BCUT2D eigenvalue weighted by molar-refractivity contribution is 5.46. The van der Waals surface area contributed by atoms with Gasteiger partial charge in [-0.1, -0.05) is 17.7 Å². The number of fused-ring (bicyclic) bond motifs is 1. The number of aliphatic hydroxyl groups is 1. The van der Waals surface area contributed by atoms with Crippen molar-refractivity contribution in [1.82, 2.24) is 0 Å². The van der Waals surface area contributed by atoms with E-state index in [-0.39, 0.29) is 11.4 Å². The van der Waals surface area contributed by atoms with Crippen LogP contribution in [0.3, 0.4) is 0 Å². The zero-order valence-electron chi connectivity index (χ0n) is 10.6. The maximum atomic E-state index is 14.0. The standard InChI is InChI=1S/C16H14F2O/c1-10-2-5-15(18)14(8-10)16(19)7-6-11-9-12(17)3-4-13(11)16/h2-5,8-9,19H,6-7H2,1H3. The summed E-state index contributed by atoms with van der Waals surface area (Å²) in [4.78, 5) is 0. The van der Waals surface area contributed by atoms with Crippen LogP contribution in [0.25, 0.3) is 0 Å². The topological polar surface area (TPSA) is 20.2 Å². The summed E-state index contributed by atoms with van der Waals surface area (Å²) in [6.45, 7) is 1.85. The molecule has 2 aromatic carbocycles. The van der Waals surface area contributed by atoms with Crippen LogP contribution in [0.15, 0.2) is 36.4 Å². The van der Waals surface area contributed by atoms with E-state index in [0.29, 0.717) is 18.4 Å². The average molecular weight is 260 g/mol. The second kappa shape index (κ2) is 4.14. The van der Waals surface area contributed by atoms with E-state index in [4.69, 9.17) is 0 Å². The molecule has 3 rings (SSSR count). The Hall–Kier alpha value is -1.74. The van der Waals surface area contributed by atoms with Gasteiger partial charge in [-0.05, 0) is 55.2 Å². The Kier molecular flexibility index (Phi) is 2.68. The van der Waals surface area contributed by atoms with Crippen LogP contribution in [0, 0.1) is 18.6 Å². The molecule has 1 nitrogen and oxygen atoms in total. The van der Waals surface area contributed by atoms with Gasteiger partial charge in [0.25, 0.3) is 0 Å². The van der Waals surface area contributed by atoms with Gasteiger partial charge in [0, 0.05) is 5.56 Å². The normalized spacial score (nSPS) is 21.5. The van der Waals surface area contributed by atoms with Gasteiger partial charge in [-0.2, -0.15) is 0 Å². The fraction of sp³-hybridized carbons (Fsp3) is 0.250. The minimum absolute atomic E-state index is 0.276. The van der Waals surface area contributed by atoms with E-state index in [0.717, 1.165) is 11.1 Å². The quantitative estimate of drug-likeness (QED) is 0.832. The van der Waals surface area contributed by atoms with Gasteiger partial charge in [0.1, 0.15) is 17.2 Å². The van der Waals surface area contributed by atoms with Crippen molar-refractivity contribution in [1.29, 1.82) is 0 Å². The van der Waals surface area contributed by atoms with E-state index in [9.17, 15) is 13.9 Å². The number of benzene rings is 2. The zero-order valence-corrected chi connectivity index (χ0v) is 10.6. The van der Waals surface area contributed by atoms with E-state index in [1.54, 1.807) is 18.2 Å². The van der Waals surface area contributed by atoms with Crippen molar-refractivity contribution in [2.75, 3.05) is 0 Å². The molecule has 0 aromatic heterocycles. The smallest absolute Gasteiger partial charge is 0.129 e. The van der Waals surface area contributed by atoms with Gasteiger partial charge in [-0.25, -0.2) is 8.78 Å². The van der Waals surface area contributed by atoms with E-state index in [1.807, 2.05) is 6.92 Å². The number of halogens is 2. The molecule has 0 bridgehead atoms. The summed E-state index contributed by atoms with van der Waals surface area (Å²) in [6.07, 6.45) is 0.934. The van der Waals surface area contributed by atoms with Crippen molar-refractivity contribution in [2.24, 2.45) is 0 Å². The summed E-state index contributed by atoms with van der Waals surface area (Å²) in [7, 11) is 0. The van der Waals surface area contributed by atoms with E-state index in [2.05, 4.69) is 0 Å². The van der Waals surface area contributed by atoms with Gasteiger partial charge in [0.15, 0.2) is 0 Å². The van der Waals surface area contributed by atoms with Crippen LogP contribution in [0.2, 0.25) is 0 Å². The third-order valence-corrected chi connectivity index (χ3v) is 3.84. The molecule has 0 heterocycles. The first-order chi connectivity index (χ1) is 9.00. The van der Waals surface area contributed by atoms with Crippen LogP contribution in [-0.4, -0.2) is 5.11 Å². The Balaban J connectivity index is 2.19. The molecule has 0 saturated heterocycles. The lowest BCUT2D eigenvalue weighted by Gasteiger charge is -2.25. The van der Waals surface area contributed by atoms with Crippen molar-refractivity contribution in [2.45, 2.75) is 25.4 Å². The Morgan fingerprint density at radius 3 is 2.63 bits per heavy atom. The molecule has 1 aliphatic rings. The van der Waals surface area contributed by atoms with E-state index < -0.39 is 11.4 Å². The van der Waals surface area contributed by atoms with Gasteiger partial charge in [0.05, 0.1) is 0 Å². The Labute approximate surface area is 110 Å². The number of hydrogen-bond acceptors (Lipinski definition) is 1. The zero-order chi connectivity index (χ0) is 13.6. The first-order valence-corrected chi connectivity index (χ1v) is 6.28. The minimum Gasteiger partial charge on any atom is -0.380 e. The lowest BCUT2D eigenvalue weighted by atomic mass is 9.86. The Morgan fingerprint density at radius 1 is 1.05 bits per heavy atom. The first-order valence-electron chi connectivity index (χ1n) is 6.28. The van der Waals surface area contributed by atoms with Crippen molar-refractivity contribution >= 4 is 0 Å². The summed E-state index contributed by atoms with van der Waals surface area (Å²) in [5.74, 6) is -0.752. The lowest BCUT2D eigenvalue weighted by molar-refractivity contribution is 0.0788. The highest BCUT2D eigenvalue weighted by Gasteiger charge is 2.40. The predicted molar refractivity (Wildman–Crippen MR) is 68.9 cm³/mol. The molecule has 98 valence electrons. The van der Waals surface area contributed by atoms with Crippen LogP contribution in [-0.2, 0) is 12.0 Å². The summed E-state index contributed by atoms with van der Waals surface area (Å²) in [5, 5.41) is 10.8. The molecule has 1 unspecified atom stereocenters. The summed E-state index contributed by atoms with van der Waals surface area (Å²) in [5.41, 5.74) is 1.18. The average Bonchev–Trinajstić information content (AvgIpc) is 2.70. The molecule has 1 atom stereocenters. The van der Waals surface area contributed by atoms with E-state index in [1.165, 1.54) is 18.2 Å². The number of hydrogen-bond donors (Lipinski definition) is 1. The van der Waals surface area contributed by atoms with Crippen molar-refractivity contribution in [3.8, 4) is 0 Å². The second-order valence-corrected chi connectivity index (χ2v) is 5.15. The van der Waals surface area contributed by atoms with Gasteiger partial charge in [0.2, 0.25) is 0 Å². The monoisotopic (exact) mass is 260 g/mol. The number of aryl methyl sites for hydroxylation is 2. The summed E-state index contributed by atoms with van der Waals surface area (Å²) in [6, 6.07) is 8.98. The largest absolute Gasteiger partial charge is 0.380 e. The predicted octanol–water partition coefficient (Wildman–Crippen LogP) is 3.46. The highest BCUT2D eigenvalue weighted by Crippen LogP contribution is 2.43. The Bertz CT molecular complexity index is 651. The molecule has 0 saturated carbocycles. The van der Waals surface area contributed by atoms with Gasteiger partial charge in [-0.15, -0.1) is 0 Å². The molecule has 0 fully saturated rings. The minimum atomic E-state index is -1.35. The molecule has 1 aliphatic carbocycles. The van der Waals surface area contributed by atoms with Crippen LogP contribution in [0.5, 0.6) is 0 Å². The lowest BCUT2D eigenvalue weighted by Crippen LogP contribution is -2.25. The second-order valence-electron chi connectivity index (χ2n) is 5.15. The molecule has 1 N–H and O–H groups in total. The van der Waals surface area contributed by atoms with Crippen LogP contribution in [0.1, 0.15) is 28.7 Å². The highest BCUT2D eigenvalue weighted by atomic mass is 19.1. The van der Waals surface area contributed by atoms with Crippen molar-refractivity contribution in [3.05, 3.63) is 70.3 Å². The fourth-order valence-corrected chi connectivity index (χ4v) is 2.86. The SMILES string of the molecule is Cc1ccc(F)c(C2(O)CCc3cc(F)ccc32)c1. The first kappa shape index (κ1) is 12.3. The molecule has 0 aliphatic heterocycles. The van der Waals surface area contributed by atoms with Gasteiger partial charge in [-0.3, -0.25) is 0 Å². The van der Waals surface area contributed by atoms with Crippen LogP contribution in [0.4, 0.5) is 8.78 Å². The van der Waals surface area contributed by atoms with E-state index >= 15 is 0 Å². The third-order valence-electron chi connectivity index (χ3n) is 3.84. The van der Waals surface area contributed by atoms with Gasteiger partial charge >= 0.3 is 0 Å². The molecule has 2 aromatic rings. The van der Waals surface area contributed by atoms with Gasteiger partial charge < -0.3 is 5.11 Å². The molecule has 19 heavy (non-hydrogen) atoms.